The summed E-state index contributed by atoms with van der Waals surface area (Å²) < 4.78 is 16.6. The molecule has 0 heterocycles. The predicted molar refractivity (Wildman–Crippen MR) is 107 cm³/mol. The van der Waals surface area contributed by atoms with Gasteiger partial charge in [0.1, 0.15) is 5.75 Å². The fourth-order valence-electron chi connectivity index (χ4n) is 3.01. The Morgan fingerprint density at radius 2 is 1.67 bits per heavy atom. The van der Waals surface area contributed by atoms with Crippen LogP contribution in [0.15, 0.2) is 30.3 Å². The van der Waals surface area contributed by atoms with Crippen LogP contribution >= 0.6 is 0 Å². The molecule has 1 atom stereocenters. The Morgan fingerprint density at radius 3 is 2.30 bits per heavy atom. The Hall–Kier alpha value is -2.69. The second-order valence-electron chi connectivity index (χ2n) is 6.85. The molecule has 5 heteroatoms. The summed E-state index contributed by atoms with van der Waals surface area (Å²) in [4.78, 5) is 14.4. The molecule has 0 fully saturated rings. The highest BCUT2D eigenvalue weighted by molar-refractivity contribution is 5.80. The van der Waals surface area contributed by atoms with Gasteiger partial charge in [0.2, 0.25) is 0 Å². The highest BCUT2D eigenvalue weighted by Gasteiger charge is 2.21. The third-order valence-electron chi connectivity index (χ3n) is 4.66. The summed E-state index contributed by atoms with van der Waals surface area (Å²) in [6.07, 6.45) is -0.574. The quantitative estimate of drug-likeness (QED) is 0.737. The van der Waals surface area contributed by atoms with Crippen molar-refractivity contribution >= 4 is 5.91 Å². The lowest BCUT2D eigenvalue weighted by molar-refractivity contribution is -0.137. The summed E-state index contributed by atoms with van der Waals surface area (Å²) in [6.45, 7) is 8.32. The van der Waals surface area contributed by atoms with Crippen molar-refractivity contribution in [2.45, 2.75) is 40.3 Å². The number of nitrogens with zero attached hydrogens (tertiary/aromatic N) is 1. The van der Waals surface area contributed by atoms with E-state index in [0.717, 1.165) is 28.0 Å². The van der Waals surface area contributed by atoms with E-state index in [2.05, 4.69) is 6.07 Å². The van der Waals surface area contributed by atoms with E-state index in [9.17, 15) is 4.79 Å². The molecule has 0 N–H and O–H groups in total. The number of likely N-dealkylation sites (N-methyl/N-ethyl adjacent to an activating group) is 1. The third-order valence-corrected chi connectivity index (χ3v) is 4.66. The molecule has 0 saturated heterocycles. The zero-order chi connectivity index (χ0) is 20.1. The van der Waals surface area contributed by atoms with Crippen LogP contribution in [0.1, 0.15) is 29.2 Å². The summed E-state index contributed by atoms with van der Waals surface area (Å²) in [5, 5.41) is 0. The van der Waals surface area contributed by atoms with E-state index in [1.807, 2.05) is 45.0 Å². The maximum absolute atomic E-state index is 12.8. The van der Waals surface area contributed by atoms with Crippen molar-refractivity contribution in [3.05, 3.63) is 52.6 Å². The van der Waals surface area contributed by atoms with Crippen LogP contribution in [0, 0.1) is 20.8 Å². The minimum atomic E-state index is -0.574. The van der Waals surface area contributed by atoms with E-state index in [-0.39, 0.29) is 5.91 Å². The number of aryl methyl sites for hydroxylation is 2. The van der Waals surface area contributed by atoms with E-state index in [4.69, 9.17) is 14.2 Å². The Morgan fingerprint density at radius 1 is 1.00 bits per heavy atom. The standard InChI is InChI=1S/C22H29NO4/c1-14-10-15(2)16(3)20(11-14)27-17(4)22(24)23(5)13-18-8-9-19(25-6)21(12-18)26-7/h8-12,17H,13H2,1-7H3/t17-/m1/s1. The van der Waals surface area contributed by atoms with Crippen LogP contribution in [0.5, 0.6) is 17.2 Å². The lowest BCUT2D eigenvalue weighted by atomic mass is 10.1. The largest absolute Gasteiger partial charge is 0.493 e. The van der Waals surface area contributed by atoms with Crippen LogP contribution in [0.4, 0.5) is 0 Å². The molecule has 0 unspecified atom stereocenters. The summed E-state index contributed by atoms with van der Waals surface area (Å²) in [5.41, 5.74) is 4.29. The van der Waals surface area contributed by atoms with Crippen LogP contribution in [-0.2, 0) is 11.3 Å². The molecule has 0 aliphatic carbocycles. The molecule has 0 aliphatic heterocycles. The smallest absolute Gasteiger partial charge is 0.263 e. The first-order valence-electron chi connectivity index (χ1n) is 8.97. The zero-order valence-corrected chi connectivity index (χ0v) is 17.3. The fourth-order valence-corrected chi connectivity index (χ4v) is 3.01. The minimum absolute atomic E-state index is 0.0802. The maximum Gasteiger partial charge on any atom is 0.263 e. The van der Waals surface area contributed by atoms with Gasteiger partial charge < -0.3 is 19.1 Å². The van der Waals surface area contributed by atoms with Gasteiger partial charge in [0.15, 0.2) is 17.6 Å². The van der Waals surface area contributed by atoms with Crippen LogP contribution in [-0.4, -0.2) is 38.2 Å². The molecule has 1 amide bonds. The van der Waals surface area contributed by atoms with Crippen LogP contribution in [0.25, 0.3) is 0 Å². The summed E-state index contributed by atoms with van der Waals surface area (Å²) >= 11 is 0. The molecule has 0 aromatic heterocycles. The topological polar surface area (TPSA) is 48.0 Å². The van der Waals surface area contributed by atoms with Gasteiger partial charge in [-0.25, -0.2) is 0 Å². The minimum Gasteiger partial charge on any atom is -0.493 e. The first-order chi connectivity index (χ1) is 12.8. The Labute approximate surface area is 161 Å². The van der Waals surface area contributed by atoms with E-state index >= 15 is 0 Å². The Bertz CT molecular complexity index is 816. The van der Waals surface area contributed by atoms with Gasteiger partial charge in [0, 0.05) is 13.6 Å². The molecule has 0 radical (unpaired) electrons. The zero-order valence-electron chi connectivity index (χ0n) is 17.3. The van der Waals surface area contributed by atoms with Gasteiger partial charge in [-0.2, -0.15) is 0 Å². The molecule has 2 aromatic carbocycles. The van der Waals surface area contributed by atoms with Crippen molar-refractivity contribution in [3.8, 4) is 17.2 Å². The normalized spacial score (nSPS) is 11.7. The number of ether oxygens (including phenoxy) is 3. The first kappa shape index (κ1) is 20.6. The molecule has 0 saturated carbocycles. The lowest BCUT2D eigenvalue weighted by Gasteiger charge is -2.23. The third kappa shape index (κ3) is 4.94. The van der Waals surface area contributed by atoms with Crippen LogP contribution < -0.4 is 14.2 Å². The van der Waals surface area contributed by atoms with E-state index in [1.54, 1.807) is 33.1 Å². The molecule has 0 spiro atoms. The number of hydrogen-bond acceptors (Lipinski definition) is 4. The van der Waals surface area contributed by atoms with E-state index in [0.29, 0.717) is 18.0 Å². The average molecular weight is 371 g/mol. The molecular formula is C22H29NO4. The number of amides is 1. The number of hydrogen-bond donors (Lipinski definition) is 0. The van der Waals surface area contributed by atoms with Crippen molar-refractivity contribution in [1.82, 2.24) is 4.90 Å². The SMILES string of the molecule is COc1ccc(CN(C)C(=O)[C@@H](C)Oc2cc(C)cc(C)c2C)cc1OC. The van der Waals surface area contributed by atoms with Crippen molar-refractivity contribution in [3.63, 3.8) is 0 Å². The van der Waals surface area contributed by atoms with E-state index < -0.39 is 6.10 Å². The number of carbonyl (C=O) groups is 1. The molecule has 2 rings (SSSR count). The van der Waals surface area contributed by atoms with Gasteiger partial charge >= 0.3 is 0 Å². The molecule has 27 heavy (non-hydrogen) atoms. The fraction of sp³-hybridized carbons (Fsp3) is 0.409. The molecular weight excluding hydrogens is 342 g/mol. The maximum atomic E-state index is 12.8. The lowest BCUT2D eigenvalue weighted by Crippen LogP contribution is -2.37. The van der Waals surface area contributed by atoms with Gasteiger partial charge in [-0.05, 0) is 68.1 Å². The van der Waals surface area contributed by atoms with Crippen molar-refractivity contribution in [2.75, 3.05) is 21.3 Å². The summed E-state index contributed by atoms with van der Waals surface area (Å²) in [7, 11) is 4.97. The second kappa shape index (κ2) is 8.80. The molecule has 146 valence electrons. The van der Waals surface area contributed by atoms with Crippen LogP contribution in [0.3, 0.4) is 0 Å². The molecule has 2 aromatic rings. The van der Waals surface area contributed by atoms with Crippen LogP contribution in [0.2, 0.25) is 0 Å². The number of methoxy groups -OCH3 is 2. The number of rotatable bonds is 7. The summed E-state index contributed by atoms with van der Waals surface area (Å²) in [5.74, 6) is 1.99. The van der Waals surface area contributed by atoms with Gasteiger partial charge in [-0.3, -0.25) is 4.79 Å². The van der Waals surface area contributed by atoms with Gasteiger partial charge in [0.25, 0.3) is 5.91 Å². The number of benzene rings is 2. The summed E-state index contributed by atoms with van der Waals surface area (Å²) in [6, 6.07) is 9.72. The van der Waals surface area contributed by atoms with Crippen molar-refractivity contribution < 1.29 is 19.0 Å². The van der Waals surface area contributed by atoms with Crippen molar-refractivity contribution in [2.24, 2.45) is 0 Å². The average Bonchev–Trinajstić information content (AvgIpc) is 2.64. The van der Waals surface area contributed by atoms with Gasteiger partial charge in [0.05, 0.1) is 14.2 Å². The Balaban J connectivity index is 2.08. The van der Waals surface area contributed by atoms with Gasteiger partial charge in [-0.1, -0.05) is 12.1 Å². The monoisotopic (exact) mass is 371 g/mol. The highest BCUT2D eigenvalue weighted by Crippen LogP contribution is 2.28. The van der Waals surface area contributed by atoms with E-state index in [1.165, 1.54) is 0 Å². The van der Waals surface area contributed by atoms with Gasteiger partial charge in [-0.15, -0.1) is 0 Å². The Kier molecular flexibility index (Phi) is 6.72. The number of carbonyl (C=O) groups excluding carboxylic acids is 1. The van der Waals surface area contributed by atoms with Crippen molar-refractivity contribution in [1.29, 1.82) is 0 Å². The molecule has 0 aliphatic rings. The first-order valence-corrected chi connectivity index (χ1v) is 8.97. The second-order valence-corrected chi connectivity index (χ2v) is 6.85. The molecule has 0 bridgehead atoms. The predicted octanol–water partition coefficient (Wildman–Crippen LogP) is 4.05. The highest BCUT2D eigenvalue weighted by atomic mass is 16.5. The molecule has 5 nitrogen and oxygen atoms in total.